The molecule has 7 heteroatoms. The number of amides is 1. The first kappa shape index (κ1) is 16.4. The fourth-order valence-corrected chi connectivity index (χ4v) is 2.83. The highest BCUT2D eigenvalue weighted by atomic mass is 79.9. The van der Waals surface area contributed by atoms with Crippen molar-refractivity contribution in [2.75, 3.05) is 19.8 Å². The largest absolute Gasteiger partial charge is 0.394 e. The number of nitrogen functional groups attached to an aromatic ring is 1. The van der Waals surface area contributed by atoms with E-state index in [1.54, 1.807) is 12.1 Å². The van der Waals surface area contributed by atoms with Gasteiger partial charge in [0.05, 0.1) is 19.3 Å². The van der Waals surface area contributed by atoms with Crippen LogP contribution in [0.3, 0.4) is 0 Å². The number of hydrogen-bond acceptors (Lipinski definition) is 5. The zero-order chi connectivity index (χ0) is 15.4. The lowest BCUT2D eigenvalue weighted by Crippen LogP contribution is -2.48. The van der Waals surface area contributed by atoms with E-state index < -0.39 is 0 Å². The van der Waals surface area contributed by atoms with Gasteiger partial charge in [0.25, 0.3) is 5.91 Å². The molecule has 0 radical (unpaired) electrons. The summed E-state index contributed by atoms with van der Waals surface area (Å²) in [7, 11) is 0. The summed E-state index contributed by atoms with van der Waals surface area (Å²) in [5, 5.41) is 9.22. The number of benzene rings is 1. The SMILES string of the molecule is CC1COC(CO)CN1Cc1ccc(C(=O)NN)cc1Br. The summed E-state index contributed by atoms with van der Waals surface area (Å²) in [6, 6.07) is 5.69. The van der Waals surface area contributed by atoms with E-state index in [0.29, 0.717) is 18.7 Å². The van der Waals surface area contributed by atoms with Gasteiger partial charge in [-0.1, -0.05) is 22.0 Å². The van der Waals surface area contributed by atoms with Crippen molar-refractivity contribution in [1.82, 2.24) is 10.3 Å². The molecule has 2 unspecified atom stereocenters. The molecule has 1 fully saturated rings. The molecule has 1 amide bonds. The second-order valence-electron chi connectivity index (χ2n) is 5.20. The molecule has 1 aromatic rings. The quantitative estimate of drug-likeness (QED) is 0.418. The zero-order valence-electron chi connectivity index (χ0n) is 11.9. The molecule has 2 rings (SSSR count). The molecule has 1 aliphatic heterocycles. The Morgan fingerprint density at radius 1 is 1.62 bits per heavy atom. The van der Waals surface area contributed by atoms with Crippen LogP contribution in [0.4, 0.5) is 0 Å². The summed E-state index contributed by atoms with van der Waals surface area (Å²) < 4.78 is 6.40. The first-order chi connectivity index (χ1) is 10.0. The highest BCUT2D eigenvalue weighted by Crippen LogP contribution is 2.23. The van der Waals surface area contributed by atoms with Crippen molar-refractivity contribution < 1.29 is 14.6 Å². The van der Waals surface area contributed by atoms with E-state index in [0.717, 1.165) is 16.6 Å². The van der Waals surface area contributed by atoms with Crippen LogP contribution in [0.25, 0.3) is 0 Å². The Balaban J connectivity index is 2.10. The van der Waals surface area contributed by atoms with Gasteiger partial charge in [0.15, 0.2) is 0 Å². The second kappa shape index (κ2) is 7.33. The number of rotatable bonds is 4. The van der Waals surface area contributed by atoms with E-state index in [1.807, 2.05) is 6.07 Å². The van der Waals surface area contributed by atoms with Crippen LogP contribution in [0.5, 0.6) is 0 Å². The number of nitrogens with two attached hydrogens (primary N) is 1. The van der Waals surface area contributed by atoms with Crippen molar-refractivity contribution >= 4 is 21.8 Å². The Kier molecular flexibility index (Phi) is 5.72. The van der Waals surface area contributed by atoms with Crippen LogP contribution in [0.2, 0.25) is 0 Å². The summed E-state index contributed by atoms with van der Waals surface area (Å²) in [6.45, 7) is 4.15. The molecule has 0 saturated carbocycles. The summed E-state index contributed by atoms with van der Waals surface area (Å²) >= 11 is 3.50. The van der Waals surface area contributed by atoms with E-state index in [-0.39, 0.29) is 24.7 Å². The van der Waals surface area contributed by atoms with Gasteiger partial charge in [-0.25, -0.2) is 5.84 Å². The lowest BCUT2D eigenvalue weighted by molar-refractivity contribution is -0.0806. The normalized spacial score (nSPS) is 23.0. The molecular formula is C14H20BrN3O3. The highest BCUT2D eigenvalue weighted by Gasteiger charge is 2.26. The minimum Gasteiger partial charge on any atom is -0.394 e. The van der Waals surface area contributed by atoms with Crippen LogP contribution in [-0.2, 0) is 11.3 Å². The van der Waals surface area contributed by atoms with Crippen LogP contribution >= 0.6 is 15.9 Å². The lowest BCUT2D eigenvalue weighted by Gasteiger charge is -2.37. The van der Waals surface area contributed by atoms with Crippen molar-refractivity contribution in [2.24, 2.45) is 5.84 Å². The maximum atomic E-state index is 11.5. The molecule has 1 heterocycles. The van der Waals surface area contributed by atoms with Gasteiger partial charge in [-0.3, -0.25) is 15.1 Å². The first-order valence-electron chi connectivity index (χ1n) is 6.81. The van der Waals surface area contributed by atoms with Crippen LogP contribution in [0.1, 0.15) is 22.8 Å². The molecule has 0 aliphatic carbocycles. The molecule has 0 aromatic heterocycles. The molecule has 4 N–H and O–H groups in total. The number of hydrogen-bond donors (Lipinski definition) is 3. The third kappa shape index (κ3) is 4.02. The fourth-order valence-electron chi connectivity index (χ4n) is 2.32. The number of carbonyl (C=O) groups is 1. The minimum absolute atomic E-state index is 0.0278. The Labute approximate surface area is 132 Å². The van der Waals surface area contributed by atoms with Gasteiger partial charge in [0.2, 0.25) is 0 Å². The van der Waals surface area contributed by atoms with Crippen LogP contribution in [0, 0.1) is 0 Å². The van der Waals surface area contributed by atoms with Gasteiger partial charge in [0, 0.05) is 29.2 Å². The Bertz CT molecular complexity index is 512. The maximum Gasteiger partial charge on any atom is 0.265 e. The monoisotopic (exact) mass is 357 g/mol. The summed E-state index contributed by atoms with van der Waals surface area (Å²) in [6.07, 6.45) is -0.137. The predicted molar refractivity (Wildman–Crippen MR) is 82.5 cm³/mol. The van der Waals surface area contributed by atoms with Crippen molar-refractivity contribution in [3.8, 4) is 0 Å². The van der Waals surface area contributed by atoms with E-state index in [1.165, 1.54) is 0 Å². The van der Waals surface area contributed by atoms with Crippen molar-refractivity contribution in [1.29, 1.82) is 0 Å². The molecule has 2 atom stereocenters. The van der Waals surface area contributed by atoms with E-state index in [9.17, 15) is 9.90 Å². The molecule has 116 valence electrons. The van der Waals surface area contributed by atoms with Gasteiger partial charge in [-0.05, 0) is 24.6 Å². The first-order valence-corrected chi connectivity index (χ1v) is 7.60. The topological polar surface area (TPSA) is 87.8 Å². The lowest BCUT2D eigenvalue weighted by atomic mass is 10.1. The average molecular weight is 358 g/mol. The smallest absolute Gasteiger partial charge is 0.265 e. The number of nitrogens with zero attached hydrogens (tertiary/aromatic N) is 1. The maximum absolute atomic E-state index is 11.5. The Hall–Kier alpha value is -0.990. The summed E-state index contributed by atoms with van der Waals surface area (Å²) in [4.78, 5) is 13.7. The average Bonchev–Trinajstić information content (AvgIpc) is 2.50. The number of halogens is 1. The summed E-state index contributed by atoms with van der Waals surface area (Å²) in [5.74, 6) is 4.81. The third-order valence-electron chi connectivity index (χ3n) is 3.66. The number of aliphatic hydroxyl groups excluding tert-OH is 1. The highest BCUT2D eigenvalue weighted by molar-refractivity contribution is 9.10. The van der Waals surface area contributed by atoms with Crippen LogP contribution < -0.4 is 11.3 Å². The molecule has 1 saturated heterocycles. The van der Waals surface area contributed by atoms with Gasteiger partial charge < -0.3 is 9.84 Å². The number of nitrogens with one attached hydrogen (secondary N) is 1. The molecule has 1 aliphatic rings. The Morgan fingerprint density at radius 3 is 3.00 bits per heavy atom. The predicted octanol–water partition coefficient (Wildman–Crippen LogP) is 0.634. The number of ether oxygens (including phenoxy) is 1. The molecule has 6 nitrogen and oxygen atoms in total. The Morgan fingerprint density at radius 2 is 2.38 bits per heavy atom. The number of morpholine rings is 1. The molecule has 1 aromatic carbocycles. The van der Waals surface area contributed by atoms with E-state index in [4.69, 9.17) is 10.6 Å². The van der Waals surface area contributed by atoms with Crippen molar-refractivity contribution in [3.05, 3.63) is 33.8 Å². The fraction of sp³-hybridized carbons (Fsp3) is 0.500. The van der Waals surface area contributed by atoms with Crippen molar-refractivity contribution in [3.63, 3.8) is 0 Å². The molecule has 21 heavy (non-hydrogen) atoms. The summed E-state index contributed by atoms with van der Waals surface area (Å²) in [5.41, 5.74) is 3.70. The number of carbonyl (C=O) groups excluding carboxylic acids is 1. The third-order valence-corrected chi connectivity index (χ3v) is 4.40. The van der Waals surface area contributed by atoms with E-state index >= 15 is 0 Å². The number of hydrazine groups is 1. The van der Waals surface area contributed by atoms with Gasteiger partial charge >= 0.3 is 0 Å². The number of aliphatic hydroxyl groups is 1. The van der Waals surface area contributed by atoms with Gasteiger partial charge in [0.1, 0.15) is 0 Å². The minimum atomic E-state index is -0.317. The van der Waals surface area contributed by atoms with Crippen molar-refractivity contribution in [2.45, 2.75) is 25.6 Å². The van der Waals surface area contributed by atoms with Gasteiger partial charge in [-0.2, -0.15) is 0 Å². The second-order valence-corrected chi connectivity index (χ2v) is 6.05. The van der Waals surface area contributed by atoms with Crippen LogP contribution in [-0.4, -0.2) is 47.8 Å². The molecule has 0 bridgehead atoms. The molecular weight excluding hydrogens is 338 g/mol. The van der Waals surface area contributed by atoms with E-state index in [2.05, 4.69) is 33.2 Å². The zero-order valence-corrected chi connectivity index (χ0v) is 13.5. The van der Waals surface area contributed by atoms with Gasteiger partial charge in [-0.15, -0.1) is 0 Å². The molecule has 0 spiro atoms. The standard InChI is InChI=1S/C14H20BrN3O3/c1-9-8-21-12(7-19)6-18(9)5-11-3-2-10(4-13(11)15)14(20)17-16/h2-4,9,12,19H,5-8,16H2,1H3,(H,17,20). The van der Waals surface area contributed by atoms with Crippen LogP contribution in [0.15, 0.2) is 22.7 Å².